The second-order valence-corrected chi connectivity index (χ2v) is 9.00. The molecule has 0 unspecified atom stereocenters. The number of para-hydroxylation sites is 2. The first kappa shape index (κ1) is 23.4. The number of amides is 1. The molecule has 0 saturated carbocycles. The molecule has 0 aliphatic heterocycles. The number of nitrogens with zero attached hydrogens (tertiary/aromatic N) is 2. The molecule has 182 valence electrons. The summed E-state index contributed by atoms with van der Waals surface area (Å²) in [6.07, 6.45) is 2.72. The first-order valence-corrected chi connectivity index (χ1v) is 12.1. The van der Waals surface area contributed by atoms with Gasteiger partial charge in [0, 0.05) is 35.8 Å². The highest BCUT2D eigenvalue weighted by Gasteiger charge is 2.13. The predicted octanol–water partition coefficient (Wildman–Crippen LogP) is 3.99. The summed E-state index contributed by atoms with van der Waals surface area (Å²) in [5, 5.41) is 4.17. The number of hydrogen-bond donors (Lipinski definition) is 2. The summed E-state index contributed by atoms with van der Waals surface area (Å²) in [6.45, 7) is 5.12. The van der Waals surface area contributed by atoms with Crippen molar-refractivity contribution in [1.29, 1.82) is 0 Å². The number of aryl methyl sites for hydroxylation is 2. The molecule has 7 nitrogen and oxygen atoms in total. The molecule has 7 heteroatoms. The van der Waals surface area contributed by atoms with E-state index in [9.17, 15) is 14.4 Å². The standard InChI is InChI=1S/C29H28N4O3/c1-3-32-25-6-4-5-7-26(25)33(29(36)28(32)35)18-20-9-11-21(12-10-20)27(34)30-15-14-22-17-31-24-13-8-19(2)16-23(22)24/h4-13,16-17,31H,3,14-15,18H2,1-2H3,(H,30,34). The summed E-state index contributed by atoms with van der Waals surface area (Å²) in [7, 11) is 0. The van der Waals surface area contributed by atoms with E-state index >= 15 is 0 Å². The monoisotopic (exact) mass is 480 g/mol. The second kappa shape index (κ2) is 9.70. The van der Waals surface area contributed by atoms with Crippen LogP contribution in [0, 0.1) is 6.92 Å². The van der Waals surface area contributed by atoms with Crippen LogP contribution in [0.4, 0.5) is 0 Å². The van der Waals surface area contributed by atoms with Crippen molar-refractivity contribution in [3.8, 4) is 0 Å². The number of hydrogen-bond acceptors (Lipinski definition) is 3. The number of aromatic nitrogens is 3. The molecule has 3 aromatic carbocycles. The molecular formula is C29H28N4O3. The molecule has 1 amide bonds. The molecule has 0 saturated heterocycles. The Kier molecular flexibility index (Phi) is 6.29. The zero-order chi connectivity index (χ0) is 25.2. The van der Waals surface area contributed by atoms with Crippen molar-refractivity contribution < 1.29 is 4.79 Å². The summed E-state index contributed by atoms with van der Waals surface area (Å²) in [5.41, 5.74) is 5.21. The summed E-state index contributed by atoms with van der Waals surface area (Å²) in [6, 6.07) is 20.9. The Balaban J connectivity index is 1.29. The summed E-state index contributed by atoms with van der Waals surface area (Å²) in [5.74, 6) is -0.147. The second-order valence-electron chi connectivity index (χ2n) is 9.00. The molecule has 0 spiro atoms. The smallest absolute Gasteiger partial charge is 0.317 e. The van der Waals surface area contributed by atoms with E-state index in [0.29, 0.717) is 24.2 Å². The third-order valence-electron chi connectivity index (χ3n) is 6.61. The lowest BCUT2D eigenvalue weighted by Crippen LogP contribution is -2.41. The van der Waals surface area contributed by atoms with E-state index in [1.54, 1.807) is 12.1 Å². The van der Waals surface area contributed by atoms with Gasteiger partial charge in [0.2, 0.25) is 0 Å². The zero-order valence-corrected chi connectivity index (χ0v) is 20.4. The van der Waals surface area contributed by atoms with Crippen LogP contribution >= 0.6 is 0 Å². The van der Waals surface area contributed by atoms with Crippen molar-refractivity contribution in [1.82, 2.24) is 19.4 Å². The number of nitrogens with one attached hydrogen (secondary N) is 2. The van der Waals surface area contributed by atoms with Crippen molar-refractivity contribution in [3.05, 3.63) is 116 Å². The predicted molar refractivity (Wildman–Crippen MR) is 143 cm³/mol. The lowest BCUT2D eigenvalue weighted by Gasteiger charge is -2.14. The molecule has 5 aromatic rings. The van der Waals surface area contributed by atoms with Gasteiger partial charge in [0.05, 0.1) is 17.6 Å². The van der Waals surface area contributed by atoms with Gasteiger partial charge in [-0.1, -0.05) is 35.9 Å². The topological polar surface area (TPSA) is 88.9 Å². The molecule has 36 heavy (non-hydrogen) atoms. The van der Waals surface area contributed by atoms with Crippen molar-refractivity contribution in [2.24, 2.45) is 0 Å². The van der Waals surface area contributed by atoms with E-state index in [-0.39, 0.29) is 12.5 Å². The van der Waals surface area contributed by atoms with Gasteiger partial charge in [-0.15, -0.1) is 0 Å². The Hall–Kier alpha value is -4.39. The first-order valence-electron chi connectivity index (χ1n) is 12.1. The molecule has 2 N–H and O–H groups in total. The highest BCUT2D eigenvalue weighted by molar-refractivity contribution is 5.94. The largest absolute Gasteiger partial charge is 0.361 e. The van der Waals surface area contributed by atoms with Crippen molar-refractivity contribution >= 4 is 27.8 Å². The molecule has 0 bridgehead atoms. The van der Waals surface area contributed by atoms with Gasteiger partial charge in [0.1, 0.15) is 0 Å². The molecule has 0 aliphatic rings. The number of H-pyrrole nitrogens is 1. The number of aromatic amines is 1. The van der Waals surface area contributed by atoms with Crippen LogP contribution in [0.15, 0.2) is 82.5 Å². The lowest BCUT2D eigenvalue weighted by atomic mass is 10.1. The van der Waals surface area contributed by atoms with E-state index in [0.717, 1.165) is 23.0 Å². The average Bonchev–Trinajstić information content (AvgIpc) is 3.29. The number of carbonyl (C=O) groups is 1. The van der Waals surface area contributed by atoms with Crippen LogP contribution in [0.25, 0.3) is 21.9 Å². The molecular weight excluding hydrogens is 452 g/mol. The summed E-state index contributed by atoms with van der Waals surface area (Å²) < 4.78 is 3.00. The molecule has 5 rings (SSSR count). The quantitative estimate of drug-likeness (QED) is 0.345. The van der Waals surface area contributed by atoms with Gasteiger partial charge in [-0.05, 0) is 67.8 Å². The molecule has 2 aromatic heterocycles. The maximum absolute atomic E-state index is 12.8. The first-order chi connectivity index (χ1) is 17.5. The van der Waals surface area contributed by atoms with E-state index < -0.39 is 11.1 Å². The minimum atomic E-state index is -0.551. The Bertz CT molecular complexity index is 1690. The fourth-order valence-corrected chi connectivity index (χ4v) is 4.70. The van der Waals surface area contributed by atoms with Crippen LogP contribution in [-0.2, 0) is 19.5 Å². The van der Waals surface area contributed by atoms with E-state index in [1.165, 1.54) is 25.6 Å². The van der Waals surface area contributed by atoms with Gasteiger partial charge in [-0.2, -0.15) is 0 Å². The van der Waals surface area contributed by atoms with Gasteiger partial charge < -0.3 is 14.9 Å². The maximum Gasteiger partial charge on any atom is 0.317 e. The van der Waals surface area contributed by atoms with E-state index in [4.69, 9.17) is 0 Å². The van der Waals surface area contributed by atoms with Crippen LogP contribution in [0.3, 0.4) is 0 Å². The zero-order valence-electron chi connectivity index (χ0n) is 20.4. The van der Waals surface area contributed by atoms with Gasteiger partial charge in [-0.25, -0.2) is 0 Å². The van der Waals surface area contributed by atoms with Gasteiger partial charge in [0.25, 0.3) is 5.91 Å². The Morgan fingerprint density at radius 1 is 0.917 bits per heavy atom. The normalized spacial score (nSPS) is 11.3. The van der Waals surface area contributed by atoms with Crippen LogP contribution in [0.5, 0.6) is 0 Å². The van der Waals surface area contributed by atoms with Crippen LogP contribution in [0.1, 0.15) is 34.0 Å². The number of carbonyl (C=O) groups excluding carboxylic acids is 1. The van der Waals surface area contributed by atoms with E-state index in [2.05, 4.69) is 35.4 Å². The number of rotatable bonds is 7. The van der Waals surface area contributed by atoms with Crippen molar-refractivity contribution in [3.63, 3.8) is 0 Å². The minimum absolute atomic E-state index is 0.147. The maximum atomic E-state index is 12.8. The fourth-order valence-electron chi connectivity index (χ4n) is 4.70. The third kappa shape index (κ3) is 4.35. The SMILES string of the molecule is CCn1c(=O)c(=O)n(Cc2ccc(C(=O)NCCc3c[nH]c4ccc(C)cc34)cc2)c2ccccc21. The Morgan fingerprint density at radius 2 is 1.61 bits per heavy atom. The summed E-state index contributed by atoms with van der Waals surface area (Å²) in [4.78, 5) is 41.4. The Morgan fingerprint density at radius 3 is 2.33 bits per heavy atom. The molecule has 0 fully saturated rings. The van der Waals surface area contributed by atoms with Gasteiger partial charge >= 0.3 is 11.1 Å². The van der Waals surface area contributed by atoms with Crippen molar-refractivity contribution in [2.75, 3.05) is 6.54 Å². The number of benzene rings is 3. The van der Waals surface area contributed by atoms with Crippen LogP contribution in [-0.4, -0.2) is 26.6 Å². The lowest BCUT2D eigenvalue weighted by molar-refractivity contribution is 0.0954. The molecule has 0 radical (unpaired) electrons. The third-order valence-corrected chi connectivity index (χ3v) is 6.61. The van der Waals surface area contributed by atoms with E-state index in [1.807, 2.05) is 49.5 Å². The fraction of sp³-hybridized carbons (Fsp3) is 0.207. The molecule has 2 heterocycles. The minimum Gasteiger partial charge on any atom is -0.361 e. The highest BCUT2D eigenvalue weighted by atomic mass is 16.2. The van der Waals surface area contributed by atoms with Crippen molar-refractivity contribution in [2.45, 2.75) is 33.4 Å². The van der Waals surface area contributed by atoms with Crippen LogP contribution in [0.2, 0.25) is 0 Å². The Labute approximate surface area is 208 Å². The molecule has 0 aliphatic carbocycles. The van der Waals surface area contributed by atoms with Gasteiger partial charge in [-0.3, -0.25) is 19.0 Å². The number of fused-ring (bicyclic) bond motifs is 2. The molecule has 0 atom stereocenters. The highest BCUT2D eigenvalue weighted by Crippen LogP contribution is 2.20. The average molecular weight is 481 g/mol. The summed E-state index contributed by atoms with van der Waals surface area (Å²) >= 11 is 0. The van der Waals surface area contributed by atoms with Gasteiger partial charge in [0.15, 0.2) is 0 Å². The van der Waals surface area contributed by atoms with Crippen LogP contribution < -0.4 is 16.4 Å².